The van der Waals surface area contributed by atoms with Crippen molar-refractivity contribution in [3.63, 3.8) is 0 Å². The number of benzene rings is 10. The van der Waals surface area contributed by atoms with E-state index < -0.39 is 16.7 Å². The van der Waals surface area contributed by atoms with Crippen LogP contribution < -0.4 is 22.9 Å². The van der Waals surface area contributed by atoms with Gasteiger partial charge in [0.15, 0.2) is 0 Å². The van der Waals surface area contributed by atoms with Gasteiger partial charge in [0.05, 0.1) is 33.7 Å². The molecule has 4 aliphatic rings. The Morgan fingerprint density at radius 2 is 0.725 bits per heavy atom. The van der Waals surface area contributed by atoms with Gasteiger partial charge in [-0.1, -0.05) is 92.4 Å². The van der Waals surface area contributed by atoms with Gasteiger partial charge in [0.25, 0.3) is 52.9 Å². The number of anilines is 3. The molecule has 0 aromatic heterocycles. The third-order valence-corrected chi connectivity index (χ3v) is 16.0. The highest BCUT2D eigenvalue weighted by Gasteiger charge is 2.37. The average molecular weight is 1220 g/mol. The first-order valence-electron chi connectivity index (χ1n) is 28.7. The van der Waals surface area contributed by atoms with Crippen LogP contribution in [-0.2, 0) is 6.54 Å². The van der Waals surface area contributed by atoms with Crippen LogP contribution in [0.1, 0.15) is 95.9 Å². The number of hydrogen-bond donors (Lipinski definition) is 4. The zero-order valence-electron chi connectivity index (χ0n) is 49.6. The number of likely N-dealkylation sites (N-methyl/N-ethyl adjacent to an activating group) is 2. The van der Waals surface area contributed by atoms with Crippen molar-refractivity contribution in [3.8, 4) is 0 Å². The molecule has 4 aliphatic heterocycles. The van der Waals surface area contributed by atoms with Gasteiger partial charge < -0.3 is 32.7 Å². The van der Waals surface area contributed by atoms with E-state index in [1.165, 1.54) is 39.0 Å². The zero-order valence-corrected chi connectivity index (χ0v) is 49.6. The van der Waals surface area contributed by atoms with Crippen LogP contribution in [0.25, 0.3) is 53.9 Å². The molecule has 8 amide bonds. The summed E-state index contributed by atoms with van der Waals surface area (Å²) in [5, 5.41) is 18.9. The first-order valence-corrected chi connectivity index (χ1v) is 28.7. The Hall–Kier alpha value is -11.3. The predicted octanol–water partition coefficient (Wildman–Crippen LogP) is 9.47. The van der Waals surface area contributed by atoms with Crippen molar-refractivity contribution in [2.75, 3.05) is 84.7 Å². The number of hydrogen-bond acceptors (Lipinski definition) is 16. The second-order valence-electron chi connectivity index (χ2n) is 22.6. The van der Waals surface area contributed by atoms with Crippen molar-refractivity contribution in [2.24, 2.45) is 5.73 Å². The fourth-order valence-electron chi connectivity index (χ4n) is 11.8. The summed E-state index contributed by atoms with van der Waals surface area (Å²) in [6.07, 6.45) is 0. The van der Waals surface area contributed by atoms with Gasteiger partial charge >= 0.3 is 0 Å². The van der Waals surface area contributed by atoms with E-state index >= 15 is 0 Å². The molecule has 0 fully saturated rings. The number of carbonyl (C=O) groups is 8. The number of nitrogens with two attached hydrogens (primary N) is 4. The number of fused-ring (bicyclic) bond motifs is 1. The lowest BCUT2D eigenvalue weighted by Gasteiger charge is -2.28. The Morgan fingerprint density at radius 3 is 1.16 bits per heavy atom. The second-order valence-corrected chi connectivity index (χ2v) is 22.6. The van der Waals surface area contributed by atoms with Crippen LogP contribution in [-0.4, -0.2) is 149 Å². The first kappa shape index (κ1) is 62.8. The fourth-order valence-corrected chi connectivity index (χ4v) is 11.8. The molecule has 0 unspecified atom stereocenters. The predicted molar refractivity (Wildman–Crippen MR) is 353 cm³/mol. The summed E-state index contributed by atoms with van der Waals surface area (Å²) in [6.45, 7) is 2.45. The summed E-state index contributed by atoms with van der Waals surface area (Å²) in [6, 6.07) is 48.4. The fraction of sp³-hybridized carbons (Fsp3) is 0.171. The van der Waals surface area contributed by atoms with Gasteiger partial charge in [-0.3, -0.25) is 68.1 Å². The molecule has 0 radical (unpaired) electrons. The summed E-state index contributed by atoms with van der Waals surface area (Å²) >= 11 is 0. The number of nitro benzene ring substituents is 1. The maximum absolute atomic E-state index is 13.1. The molecule has 8 N–H and O–H groups in total. The third kappa shape index (κ3) is 11.9. The van der Waals surface area contributed by atoms with Gasteiger partial charge in [-0.25, -0.2) is 0 Å². The molecular weight excluding hydrogens is 1150 g/mol. The van der Waals surface area contributed by atoms with Crippen molar-refractivity contribution in [1.82, 2.24) is 29.4 Å². The largest absolute Gasteiger partial charge is 0.399 e. The highest BCUT2D eigenvalue weighted by Crippen LogP contribution is 2.37. The molecule has 0 saturated heterocycles. The normalized spacial score (nSPS) is 13.8. The quantitative estimate of drug-likeness (QED) is 0.0405. The minimum absolute atomic E-state index is 0. The van der Waals surface area contributed by atoms with E-state index in [1.54, 1.807) is 54.6 Å². The summed E-state index contributed by atoms with van der Waals surface area (Å²) in [5.41, 5.74) is 28.9. The standard InChI is InChI=1S/C23H16N2O2.C16H16N4O4.C16H16N2O2.C14H13N3O2.CH4/c24-18-11-17-6-3-7-19-21(17)20(12-18)23(27)25(22(19)26)13-14-8-9-15-4-1-2-5-16(15)10-14;1-18(2)3-4-19-15(21)12-7-10(17)5-9-6-11(20(23)24)8-13(14(9)12)16(19)22;1-17(2)9-10-18-15(19)12-7-3-5-11-6-4-8-13(14(11)12)16(18)20;15-4-5-17-13(18)10-3-1-2-8-6-9(16)7-11(12(8)10)14(17)19;/h1-12H,13,24H2;5-8H,3-4,17H2,1-2H3;3-8H,9-10H2,1-2H3;1-3,6-7H,4-5,15-16H2;1H4. The minimum atomic E-state index is -0.563. The maximum Gasteiger partial charge on any atom is 0.270 e. The molecule has 0 aliphatic carbocycles. The Balaban J connectivity index is 0.000000134. The maximum atomic E-state index is 13.1. The van der Waals surface area contributed by atoms with Crippen molar-refractivity contribution in [3.05, 3.63) is 224 Å². The molecule has 460 valence electrons. The second kappa shape index (κ2) is 25.5. The van der Waals surface area contributed by atoms with Crippen molar-refractivity contribution >= 4 is 124 Å². The molecule has 4 heterocycles. The van der Waals surface area contributed by atoms with Crippen LogP contribution >= 0.6 is 0 Å². The number of nitro groups is 1. The number of imide groups is 4. The monoisotopic (exact) mass is 1220 g/mol. The molecule has 0 spiro atoms. The summed E-state index contributed by atoms with van der Waals surface area (Å²) in [5.74, 6) is -2.53. The molecule has 0 bridgehead atoms. The van der Waals surface area contributed by atoms with Crippen molar-refractivity contribution in [1.29, 1.82) is 0 Å². The molecule has 91 heavy (non-hydrogen) atoms. The summed E-state index contributed by atoms with van der Waals surface area (Å²) in [4.78, 5) is 121. The highest BCUT2D eigenvalue weighted by atomic mass is 16.6. The van der Waals surface area contributed by atoms with E-state index in [2.05, 4.69) is 0 Å². The molecule has 21 nitrogen and oxygen atoms in total. The third-order valence-electron chi connectivity index (χ3n) is 16.0. The summed E-state index contributed by atoms with van der Waals surface area (Å²) in [7, 11) is 7.51. The Kier molecular flexibility index (Phi) is 17.6. The average Bonchev–Trinajstić information content (AvgIpc) is 0.782. The summed E-state index contributed by atoms with van der Waals surface area (Å²) < 4.78 is 0. The molecular formula is C70H65N11O10. The number of non-ortho nitro benzene ring substituents is 1. The topological polar surface area (TPSA) is 303 Å². The molecule has 14 rings (SSSR count). The van der Waals surface area contributed by atoms with E-state index in [-0.39, 0.29) is 80.3 Å². The van der Waals surface area contributed by atoms with Gasteiger partial charge in [0.1, 0.15) is 0 Å². The number of nitrogens with zero attached hydrogens (tertiary/aromatic N) is 7. The molecule has 21 heteroatoms. The minimum Gasteiger partial charge on any atom is -0.399 e. The van der Waals surface area contributed by atoms with E-state index in [0.29, 0.717) is 97.2 Å². The number of amides is 8. The SMILES string of the molecule is C.CN(C)CCN1C(=O)c2cc(N)cc3cc([N+](=O)[O-])cc(c23)C1=O.CN(C)CCN1C(=O)c2cccc3cccc(c23)C1=O.NCCN1C(=O)c2cccc3cc(N)cc(c23)C1=O.Nc1cc2c3c(cccc3c1)C(=O)N(Cc1ccc3ccccc3c1)C2=O. The van der Waals surface area contributed by atoms with Gasteiger partial charge in [-0.05, 0) is 133 Å². The van der Waals surface area contributed by atoms with Crippen LogP contribution in [0, 0.1) is 10.1 Å². The van der Waals surface area contributed by atoms with Crippen molar-refractivity contribution < 1.29 is 43.3 Å². The lowest BCUT2D eigenvalue weighted by Crippen LogP contribution is -2.43. The van der Waals surface area contributed by atoms with Gasteiger partial charge in [-0.15, -0.1) is 0 Å². The number of nitrogen functional groups attached to an aromatic ring is 3. The molecule has 10 aromatic rings. The van der Waals surface area contributed by atoms with E-state index in [0.717, 1.165) is 42.8 Å². The highest BCUT2D eigenvalue weighted by molar-refractivity contribution is 6.29. The smallest absolute Gasteiger partial charge is 0.270 e. The molecule has 10 aromatic carbocycles. The van der Waals surface area contributed by atoms with Crippen molar-refractivity contribution in [2.45, 2.75) is 14.0 Å². The molecule has 0 saturated carbocycles. The van der Waals surface area contributed by atoms with E-state index in [9.17, 15) is 48.5 Å². The Labute approximate surface area is 522 Å². The van der Waals surface area contributed by atoms with Gasteiger partial charge in [0.2, 0.25) is 0 Å². The number of carbonyl (C=O) groups excluding carboxylic acids is 8. The van der Waals surface area contributed by atoms with Crippen LogP contribution in [0.3, 0.4) is 0 Å². The number of rotatable bonds is 11. The van der Waals surface area contributed by atoms with Gasteiger partial charge in [0, 0.05) is 112 Å². The molecule has 0 atom stereocenters. The lowest BCUT2D eigenvalue weighted by atomic mass is 9.92. The Morgan fingerprint density at radius 1 is 0.374 bits per heavy atom. The van der Waals surface area contributed by atoms with Crippen LogP contribution in [0.5, 0.6) is 0 Å². The van der Waals surface area contributed by atoms with Crippen LogP contribution in [0.15, 0.2) is 164 Å². The Bertz CT molecular complexity index is 4690. The van der Waals surface area contributed by atoms with E-state index in [1.807, 2.05) is 123 Å². The first-order chi connectivity index (χ1) is 43.1. The van der Waals surface area contributed by atoms with Crippen LogP contribution in [0.2, 0.25) is 0 Å². The van der Waals surface area contributed by atoms with Crippen LogP contribution in [0.4, 0.5) is 22.7 Å². The lowest BCUT2D eigenvalue weighted by molar-refractivity contribution is -0.384. The zero-order chi connectivity index (χ0) is 64.0. The van der Waals surface area contributed by atoms with Gasteiger partial charge in [-0.2, -0.15) is 0 Å². The van der Waals surface area contributed by atoms with E-state index in [4.69, 9.17) is 22.9 Å².